The lowest BCUT2D eigenvalue weighted by atomic mass is 10.1. The van der Waals surface area contributed by atoms with Gasteiger partial charge < -0.3 is 10.2 Å². The summed E-state index contributed by atoms with van der Waals surface area (Å²) in [5, 5.41) is 3.27. The fourth-order valence-electron chi connectivity index (χ4n) is 2.70. The van der Waals surface area contributed by atoms with Gasteiger partial charge in [-0.2, -0.15) is 0 Å². The van der Waals surface area contributed by atoms with Crippen LogP contribution < -0.4 is 5.32 Å². The van der Waals surface area contributed by atoms with Crippen LogP contribution in [0.5, 0.6) is 0 Å². The van der Waals surface area contributed by atoms with Crippen LogP contribution in [0.3, 0.4) is 0 Å². The molecule has 4 nitrogen and oxygen atoms in total. The standard InChI is InChI=1S/C14H20ClN3O/c1-3-18(11-6-4-5-7-11)14(19)10-8-12(15)17-13(9-10)16-2/h8-9,11H,3-7H2,1-2H3,(H,16,17). The van der Waals surface area contributed by atoms with Crippen molar-refractivity contribution in [2.75, 3.05) is 18.9 Å². The Morgan fingerprint density at radius 2 is 2.16 bits per heavy atom. The van der Waals surface area contributed by atoms with Crippen LogP contribution in [0, 0.1) is 0 Å². The molecule has 1 aromatic heterocycles. The van der Waals surface area contributed by atoms with Crippen LogP contribution in [0.15, 0.2) is 12.1 Å². The number of hydrogen-bond acceptors (Lipinski definition) is 3. The van der Waals surface area contributed by atoms with Gasteiger partial charge in [-0.25, -0.2) is 4.98 Å². The summed E-state index contributed by atoms with van der Waals surface area (Å²) >= 11 is 5.96. The SMILES string of the molecule is CCN(C(=O)c1cc(Cl)nc(NC)c1)C1CCCC1. The van der Waals surface area contributed by atoms with Crippen LogP contribution in [0.4, 0.5) is 5.82 Å². The molecule has 19 heavy (non-hydrogen) atoms. The smallest absolute Gasteiger partial charge is 0.254 e. The van der Waals surface area contributed by atoms with Gasteiger partial charge in [0, 0.05) is 25.2 Å². The lowest BCUT2D eigenvalue weighted by Gasteiger charge is -2.27. The molecule has 1 aromatic rings. The summed E-state index contributed by atoms with van der Waals surface area (Å²) < 4.78 is 0. The molecule has 1 aliphatic rings. The Balaban J connectivity index is 2.23. The molecule has 1 heterocycles. The molecule has 104 valence electrons. The van der Waals surface area contributed by atoms with E-state index in [1.165, 1.54) is 12.8 Å². The van der Waals surface area contributed by atoms with Crippen molar-refractivity contribution >= 4 is 23.3 Å². The molecule has 2 rings (SSSR count). The Labute approximate surface area is 119 Å². The Kier molecular flexibility index (Phi) is 4.64. The monoisotopic (exact) mass is 281 g/mol. The minimum absolute atomic E-state index is 0.0511. The first-order valence-corrected chi connectivity index (χ1v) is 7.19. The number of rotatable bonds is 4. The number of amides is 1. The van der Waals surface area contributed by atoms with Gasteiger partial charge in [-0.3, -0.25) is 4.79 Å². The first-order chi connectivity index (χ1) is 9.15. The maximum absolute atomic E-state index is 12.6. The van der Waals surface area contributed by atoms with Gasteiger partial charge in [-0.05, 0) is 31.9 Å². The summed E-state index contributed by atoms with van der Waals surface area (Å²) in [6, 6.07) is 3.77. The Bertz CT molecular complexity index is 458. The number of halogens is 1. The van der Waals surface area contributed by atoms with Crippen LogP contribution in [-0.4, -0.2) is 35.4 Å². The van der Waals surface area contributed by atoms with Crippen LogP contribution in [-0.2, 0) is 0 Å². The molecule has 0 aromatic carbocycles. The zero-order valence-electron chi connectivity index (χ0n) is 11.4. The van der Waals surface area contributed by atoms with E-state index in [0.717, 1.165) is 19.4 Å². The molecule has 1 aliphatic carbocycles. The van der Waals surface area contributed by atoms with Gasteiger partial charge in [0.15, 0.2) is 0 Å². The molecule has 1 amide bonds. The van der Waals surface area contributed by atoms with E-state index in [-0.39, 0.29) is 5.91 Å². The zero-order valence-corrected chi connectivity index (χ0v) is 12.2. The first-order valence-electron chi connectivity index (χ1n) is 6.82. The van der Waals surface area contributed by atoms with E-state index >= 15 is 0 Å². The zero-order chi connectivity index (χ0) is 13.8. The lowest BCUT2D eigenvalue weighted by Crippen LogP contribution is -2.38. The summed E-state index contributed by atoms with van der Waals surface area (Å²) in [7, 11) is 1.77. The third-order valence-corrected chi connectivity index (χ3v) is 3.86. The highest BCUT2D eigenvalue weighted by Crippen LogP contribution is 2.25. The predicted molar refractivity (Wildman–Crippen MR) is 77.8 cm³/mol. The number of nitrogens with one attached hydrogen (secondary N) is 1. The summed E-state index contributed by atoms with van der Waals surface area (Å²) in [5.74, 6) is 0.675. The maximum Gasteiger partial charge on any atom is 0.254 e. The summed E-state index contributed by atoms with van der Waals surface area (Å²) in [6.45, 7) is 2.76. The van der Waals surface area contributed by atoms with Crippen LogP contribution in [0.2, 0.25) is 5.15 Å². The number of hydrogen-bond donors (Lipinski definition) is 1. The topological polar surface area (TPSA) is 45.2 Å². The van der Waals surface area contributed by atoms with Gasteiger partial charge in [0.1, 0.15) is 11.0 Å². The van der Waals surface area contributed by atoms with E-state index < -0.39 is 0 Å². The van der Waals surface area contributed by atoms with E-state index in [9.17, 15) is 4.79 Å². The van der Waals surface area contributed by atoms with Crippen LogP contribution in [0.25, 0.3) is 0 Å². The minimum Gasteiger partial charge on any atom is -0.373 e. The average Bonchev–Trinajstić information content (AvgIpc) is 2.92. The molecule has 0 spiro atoms. The first kappa shape index (κ1) is 14.1. The molecular weight excluding hydrogens is 262 g/mol. The van der Waals surface area contributed by atoms with E-state index in [0.29, 0.717) is 22.6 Å². The fraction of sp³-hybridized carbons (Fsp3) is 0.571. The second-order valence-electron chi connectivity index (χ2n) is 4.84. The van der Waals surface area contributed by atoms with Gasteiger partial charge >= 0.3 is 0 Å². The molecule has 0 atom stereocenters. The number of anilines is 1. The van der Waals surface area contributed by atoms with Crippen molar-refractivity contribution in [3.8, 4) is 0 Å². The molecule has 1 N–H and O–H groups in total. The van der Waals surface area contributed by atoms with Gasteiger partial charge in [-0.1, -0.05) is 24.4 Å². The maximum atomic E-state index is 12.6. The van der Waals surface area contributed by atoms with Gasteiger partial charge in [0.2, 0.25) is 0 Å². The molecular formula is C14H20ClN3O. The highest BCUT2D eigenvalue weighted by molar-refractivity contribution is 6.29. The second-order valence-corrected chi connectivity index (χ2v) is 5.23. The van der Waals surface area contributed by atoms with E-state index in [2.05, 4.69) is 10.3 Å². The minimum atomic E-state index is 0.0511. The lowest BCUT2D eigenvalue weighted by molar-refractivity contribution is 0.0693. The van der Waals surface area contributed by atoms with Crippen molar-refractivity contribution in [1.82, 2.24) is 9.88 Å². The van der Waals surface area contributed by atoms with E-state index in [4.69, 9.17) is 11.6 Å². The van der Waals surface area contributed by atoms with Crippen LogP contribution in [0.1, 0.15) is 43.0 Å². The Hall–Kier alpha value is -1.29. The van der Waals surface area contributed by atoms with Crippen molar-refractivity contribution < 1.29 is 4.79 Å². The second kappa shape index (κ2) is 6.24. The largest absolute Gasteiger partial charge is 0.373 e. The third-order valence-electron chi connectivity index (χ3n) is 3.66. The molecule has 0 aliphatic heterocycles. The van der Waals surface area contributed by atoms with Crippen molar-refractivity contribution in [3.05, 3.63) is 22.8 Å². The number of carbonyl (C=O) groups excluding carboxylic acids is 1. The quantitative estimate of drug-likeness (QED) is 0.862. The number of aromatic nitrogens is 1. The highest BCUT2D eigenvalue weighted by Gasteiger charge is 2.26. The molecule has 1 saturated carbocycles. The summed E-state index contributed by atoms with van der Waals surface area (Å²) in [4.78, 5) is 18.7. The van der Waals surface area contributed by atoms with Crippen molar-refractivity contribution in [2.45, 2.75) is 38.6 Å². The molecule has 0 saturated heterocycles. The fourth-order valence-corrected chi connectivity index (χ4v) is 2.91. The average molecular weight is 282 g/mol. The van der Waals surface area contributed by atoms with E-state index in [1.807, 2.05) is 11.8 Å². The third kappa shape index (κ3) is 3.18. The number of pyridine rings is 1. The summed E-state index contributed by atoms with van der Waals surface area (Å²) in [5.41, 5.74) is 0.609. The van der Waals surface area contributed by atoms with E-state index in [1.54, 1.807) is 19.2 Å². The van der Waals surface area contributed by atoms with Gasteiger partial charge in [-0.15, -0.1) is 0 Å². The molecule has 0 radical (unpaired) electrons. The van der Waals surface area contributed by atoms with Crippen molar-refractivity contribution in [3.63, 3.8) is 0 Å². The normalized spacial score (nSPS) is 15.5. The Morgan fingerprint density at radius 3 is 2.74 bits per heavy atom. The van der Waals surface area contributed by atoms with Crippen LogP contribution >= 0.6 is 11.6 Å². The predicted octanol–water partition coefficient (Wildman–Crippen LogP) is 3.18. The molecule has 0 unspecified atom stereocenters. The highest BCUT2D eigenvalue weighted by atomic mass is 35.5. The molecule has 1 fully saturated rings. The Morgan fingerprint density at radius 1 is 1.47 bits per heavy atom. The van der Waals surface area contributed by atoms with Gasteiger partial charge in [0.05, 0.1) is 0 Å². The van der Waals surface area contributed by atoms with Gasteiger partial charge in [0.25, 0.3) is 5.91 Å². The van der Waals surface area contributed by atoms with Crippen molar-refractivity contribution in [1.29, 1.82) is 0 Å². The number of nitrogens with zero attached hydrogens (tertiary/aromatic N) is 2. The molecule has 0 bridgehead atoms. The van der Waals surface area contributed by atoms with Crippen molar-refractivity contribution in [2.24, 2.45) is 0 Å². The number of carbonyl (C=O) groups is 1. The molecule has 5 heteroatoms. The summed E-state index contributed by atoms with van der Waals surface area (Å²) in [6.07, 6.45) is 4.65.